The number of hydrogen-bond donors (Lipinski definition) is 1. The number of rotatable bonds is 6. The van der Waals surface area contributed by atoms with Crippen molar-refractivity contribution in [1.82, 2.24) is 4.90 Å². The monoisotopic (exact) mass is 429 g/mol. The van der Waals surface area contributed by atoms with E-state index in [1.165, 1.54) is 11.8 Å². The Labute approximate surface area is 186 Å². The van der Waals surface area contributed by atoms with Crippen LogP contribution in [0.1, 0.15) is 12.0 Å². The van der Waals surface area contributed by atoms with Crippen molar-refractivity contribution < 1.29 is 9.59 Å². The summed E-state index contributed by atoms with van der Waals surface area (Å²) in [5.74, 6) is -0.273. The van der Waals surface area contributed by atoms with E-state index in [1.54, 1.807) is 4.90 Å². The second kappa shape index (κ2) is 10.1. The lowest BCUT2D eigenvalue weighted by Crippen LogP contribution is -2.46. The number of thioether (sulfide) groups is 1. The third kappa shape index (κ3) is 5.61. The van der Waals surface area contributed by atoms with Crippen LogP contribution in [0.5, 0.6) is 0 Å². The molecule has 1 aliphatic rings. The van der Waals surface area contributed by atoms with Gasteiger partial charge in [0.05, 0.1) is 5.69 Å². The van der Waals surface area contributed by atoms with E-state index < -0.39 is 5.25 Å². The van der Waals surface area contributed by atoms with Crippen molar-refractivity contribution in [3.05, 3.63) is 96.6 Å². The van der Waals surface area contributed by atoms with Gasteiger partial charge in [-0.1, -0.05) is 78.5 Å². The maximum atomic E-state index is 13.0. The fourth-order valence-electron chi connectivity index (χ4n) is 3.30. The van der Waals surface area contributed by atoms with Crippen molar-refractivity contribution in [1.29, 1.82) is 0 Å². The van der Waals surface area contributed by atoms with Crippen LogP contribution in [-0.2, 0) is 16.0 Å². The molecule has 1 heterocycles. The minimum Gasteiger partial charge on any atom is -0.325 e. The molecule has 5 nitrogen and oxygen atoms in total. The number of nitrogens with zero attached hydrogens (tertiary/aromatic N) is 2. The Hall–Kier alpha value is -3.38. The van der Waals surface area contributed by atoms with Gasteiger partial charge in [-0.25, -0.2) is 4.99 Å². The molecule has 2 amide bonds. The van der Waals surface area contributed by atoms with Gasteiger partial charge in [-0.3, -0.25) is 14.5 Å². The standard InChI is InChI=1S/C25H23N3O2S/c29-23-18-22(24(30)26-20-12-6-2-7-13-20)31-25(27-21-14-8-3-9-15-21)28(23)17-16-19-10-4-1-5-11-19/h1-15,22H,16-18H2,(H,26,30). The first kappa shape index (κ1) is 20.9. The van der Waals surface area contributed by atoms with Crippen LogP contribution in [0, 0.1) is 0 Å². The van der Waals surface area contributed by atoms with Crippen LogP contribution < -0.4 is 5.32 Å². The molecular formula is C25H23N3O2S. The topological polar surface area (TPSA) is 61.8 Å². The van der Waals surface area contributed by atoms with E-state index in [0.717, 1.165) is 17.7 Å². The van der Waals surface area contributed by atoms with Crippen molar-refractivity contribution in [3.8, 4) is 0 Å². The molecule has 0 bridgehead atoms. The van der Waals surface area contributed by atoms with Gasteiger partial charge in [-0.05, 0) is 36.2 Å². The van der Waals surface area contributed by atoms with E-state index in [-0.39, 0.29) is 18.2 Å². The van der Waals surface area contributed by atoms with Gasteiger partial charge in [-0.2, -0.15) is 0 Å². The molecule has 4 rings (SSSR count). The van der Waals surface area contributed by atoms with Crippen LogP contribution in [-0.4, -0.2) is 33.7 Å². The molecule has 1 saturated heterocycles. The second-order valence-corrected chi connectivity index (χ2v) is 8.35. The SMILES string of the molecule is O=C(Nc1ccccc1)C1CC(=O)N(CCc2ccccc2)C(=Nc2ccccc2)S1. The van der Waals surface area contributed by atoms with E-state index >= 15 is 0 Å². The lowest BCUT2D eigenvalue weighted by Gasteiger charge is -2.32. The number of para-hydroxylation sites is 2. The molecule has 1 fully saturated rings. The molecule has 6 heteroatoms. The fourth-order valence-corrected chi connectivity index (χ4v) is 4.43. The summed E-state index contributed by atoms with van der Waals surface area (Å²) in [6.45, 7) is 0.522. The molecule has 1 aliphatic heterocycles. The zero-order valence-electron chi connectivity index (χ0n) is 17.0. The lowest BCUT2D eigenvalue weighted by atomic mass is 10.1. The fraction of sp³-hybridized carbons (Fsp3) is 0.160. The van der Waals surface area contributed by atoms with Crippen LogP contribution in [0.2, 0.25) is 0 Å². The molecule has 156 valence electrons. The van der Waals surface area contributed by atoms with Crippen LogP contribution in [0.3, 0.4) is 0 Å². The predicted octanol–water partition coefficient (Wildman–Crippen LogP) is 4.89. The Morgan fingerprint density at radius 3 is 2.23 bits per heavy atom. The van der Waals surface area contributed by atoms with Gasteiger partial charge in [0.1, 0.15) is 5.25 Å². The zero-order valence-corrected chi connectivity index (χ0v) is 17.8. The Balaban J connectivity index is 1.54. The maximum absolute atomic E-state index is 13.0. The zero-order chi connectivity index (χ0) is 21.5. The molecule has 3 aromatic rings. The molecule has 0 saturated carbocycles. The van der Waals surface area contributed by atoms with Crippen molar-refractivity contribution in [2.24, 2.45) is 4.99 Å². The molecule has 0 radical (unpaired) electrons. The van der Waals surface area contributed by atoms with Crippen LogP contribution in [0.4, 0.5) is 11.4 Å². The number of amidine groups is 1. The van der Waals surface area contributed by atoms with Crippen LogP contribution in [0.25, 0.3) is 0 Å². The minimum absolute atomic E-state index is 0.0856. The van der Waals surface area contributed by atoms with E-state index in [0.29, 0.717) is 17.4 Å². The van der Waals surface area contributed by atoms with Gasteiger partial charge in [0, 0.05) is 18.7 Å². The number of nitrogens with one attached hydrogen (secondary N) is 1. The van der Waals surface area contributed by atoms with Gasteiger partial charge in [0.2, 0.25) is 11.8 Å². The molecule has 0 aromatic heterocycles. The maximum Gasteiger partial charge on any atom is 0.238 e. The highest BCUT2D eigenvalue weighted by molar-refractivity contribution is 8.15. The Morgan fingerprint density at radius 2 is 1.55 bits per heavy atom. The van der Waals surface area contributed by atoms with Crippen molar-refractivity contribution in [2.45, 2.75) is 18.1 Å². The molecular weight excluding hydrogens is 406 g/mol. The molecule has 0 aliphatic carbocycles. The van der Waals surface area contributed by atoms with Gasteiger partial charge in [0.15, 0.2) is 5.17 Å². The average molecular weight is 430 g/mol. The number of carbonyl (C=O) groups is 2. The number of amides is 2. The first-order valence-electron chi connectivity index (χ1n) is 10.2. The normalized spacial score (nSPS) is 17.5. The van der Waals surface area contributed by atoms with E-state index in [4.69, 9.17) is 4.99 Å². The summed E-state index contributed by atoms with van der Waals surface area (Å²) in [5, 5.41) is 2.94. The van der Waals surface area contributed by atoms with Gasteiger partial charge in [0.25, 0.3) is 0 Å². The summed E-state index contributed by atoms with van der Waals surface area (Å²) in [7, 11) is 0. The first-order chi connectivity index (χ1) is 15.2. The van der Waals surface area contributed by atoms with Crippen LogP contribution >= 0.6 is 11.8 Å². The molecule has 0 spiro atoms. The van der Waals surface area contributed by atoms with Crippen molar-refractivity contribution >= 4 is 40.1 Å². The third-order valence-corrected chi connectivity index (χ3v) is 6.11. The van der Waals surface area contributed by atoms with E-state index in [2.05, 4.69) is 5.32 Å². The van der Waals surface area contributed by atoms with Gasteiger partial charge in [-0.15, -0.1) is 0 Å². The van der Waals surface area contributed by atoms with E-state index in [1.807, 2.05) is 91.0 Å². The number of carbonyl (C=O) groups excluding carboxylic acids is 2. The Kier molecular flexibility index (Phi) is 6.79. The first-order valence-corrected chi connectivity index (χ1v) is 11.1. The van der Waals surface area contributed by atoms with E-state index in [9.17, 15) is 9.59 Å². The molecule has 1 N–H and O–H groups in total. The summed E-state index contributed by atoms with van der Waals surface area (Å²) < 4.78 is 0. The van der Waals surface area contributed by atoms with Gasteiger partial charge < -0.3 is 5.32 Å². The summed E-state index contributed by atoms with van der Waals surface area (Å²) in [5.41, 5.74) is 2.63. The average Bonchev–Trinajstić information content (AvgIpc) is 2.80. The molecule has 31 heavy (non-hydrogen) atoms. The Bertz CT molecular complexity index is 1060. The quantitative estimate of drug-likeness (QED) is 0.607. The molecule has 1 atom stereocenters. The molecule has 3 aromatic carbocycles. The summed E-state index contributed by atoms with van der Waals surface area (Å²) in [6, 6.07) is 28.8. The highest BCUT2D eigenvalue weighted by Gasteiger charge is 2.35. The largest absolute Gasteiger partial charge is 0.325 e. The van der Waals surface area contributed by atoms with Crippen molar-refractivity contribution in [3.63, 3.8) is 0 Å². The number of benzene rings is 3. The Morgan fingerprint density at radius 1 is 0.935 bits per heavy atom. The predicted molar refractivity (Wildman–Crippen MR) is 126 cm³/mol. The van der Waals surface area contributed by atoms with Crippen LogP contribution in [0.15, 0.2) is 96.0 Å². The minimum atomic E-state index is -0.525. The second-order valence-electron chi connectivity index (χ2n) is 7.18. The lowest BCUT2D eigenvalue weighted by molar-refractivity contribution is -0.129. The molecule has 1 unspecified atom stereocenters. The number of anilines is 1. The summed E-state index contributed by atoms with van der Waals surface area (Å²) in [6.07, 6.45) is 0.869. The smallest absolute Gasteiger partial charge is 0.238 e. The van der Waals surface area contributed by atoms with Gasteiger partial charge >= 0.3 is 0 Å². The summed E-state index contributed by atoms with van der Waals surface area (Å²) >= 11 is 1.34. The van der Waals surface area contributed by atoms with Crippen molar-refractivity contribution in [2.75, 3.05) is 11.9 Å². The number of aliphatic imine (C=N–C) groups is 1. The highest BCUT2D eigenvalue weighted by atomic mass is 32.2. The number of hydrogen-bond acceptors (Lipinski definition) is 4. The third-order valence-electron chi connectivity index (χ3n) is 4.92. The summed E-state index contributed by atoms with van der Waals surface area (Å²) in [4.78, 5) is 32.3. The highest BCUT2D eigenvalue weighted by Crippen LogP contribution is 2.30.